The van der Waals surface area contributed by atoms with E-state index in [1.54, 1.807) is 0 Å². The maximum absolute atomic E-state index is 8.59. The lowest BCUT2D eigenvalue weighted by Gasteiger charge is -2.17. The molecule has 1 unspecified atom stereocenters. The van der Waals surface area contributed by atoms with Crippen LogP contribution >= 0.6 is 0 Å². The van der Waals surface area contributed by atoms with Crippen LogP contribution in [0.4, 0.5) is 0 Å². The summed E-state index contributed by atoms with van der Waals surface area (Å²) in [5, 5.41) is 8.59. The molecule has 0 saturated carbocycles. The molecule has 0 aromatic rings. The second-order valence-electron chi connectivity index (χ2n) is 3.28. The summed E-state index contributed by atoms with van der Waals surface area (Å²) in [6.45, 7) is 7.09. The summed E-state index contributed by atoms with van der Waals surface area (Å²) in [5.74, 6) is 1.59. The van der Waals surface area contributed by atoms with Crippen molar-refractivity contribution in [2.75, 3.05) is 6.61 Å². The molecule has 0 aliphatic rings. The van der Waals surface area contributed by atoms with Crippen LogP contribution in [0.25, 0.3) is 0 Å². The van der Waals surface area contributed by atoms with E-state index < -0.39 is 0 Å². The Morgan fingerprint density at radius 2 is 1.90 bits per heavy atom. The fraction of sp³-hybridized carbons (Fsp3) is 1.00. The van der Waals surface area contributed by atoms with Crippen LogP contribution in [0.1, 0.15) is 40.0 Å². The van der Waals surface area contributed by atoms with E-state index in [0.717, 1.165) is 18.3 Å². The standard InChI is InChI=1S/C9H20O/c1-4-9(8(2)3)6-5-7-10/h8-10H,4-7H2,1-3H3. The molecule has 0 aliphatic carbocycles. The Balaban J connectivity index is 3.40. The van der Waals surface area contributed by atoms with Gasteiger partial charge in [-0.3, -0.25) is 0 Å². The first-order chi connectivity index (χ1) is 4.72. The Morgan fingerprint density at radius 3 is 2.20 bits per heavy atom. The highest BCUT2D eigenvalue weighted by atomic mass is 16.2. The molecule has 0 spiro atoms. The summed E-state index contributed by atoms with van der Waals surface area (Å²) in [6.07, 6.45) is 3.40. The van der Waals surface area contributed by atoms with Gasteiger partial charge in [-0.05, 0) is 24.7 Å². The molecule has 0 bridgehead atoms. The Kier molecular flexibility index (Phi) is 5.70. The number of rotatable bonds is 5. The van der Waals surface area contributed by atoms with E-state index >= 15 is 0 Å². The molecule has 0 fully saturated rings. The van der Waals surface area contributed by atoms with E-state index in [9.17, 15) is 0 Å². The molecule has 0 amide bonds. The molecular weight excluding hydrogens is 124 g/mol. The van der Waals surface area contributed by atoms with Gasteiger partial charge in [-0.1, -0.05) is 27.2 Å². The predicted molar refractivity (Wildman–Crippen MR) is 44.9 cm³/mol. The van der Waals surface area contributed by atoms with Crippen LogP contribution < -0.4 is 0 Å². The topological polar surface area (TPSA) is 20.2 Å². The largest absolute Gasteiger partial charge is 0.396 e. The SMILES string of the molecule is CCC(CCCO)C(C)C. The summed E-state index contributed by atoms with van der Waals surface area (Å²) < 4.78 is 0. The molecule has 1 N–H and O–H groups in total. The molecular formula is C9H20O. The van der Waals surface area contributed by atoms with Crippen molar-refractivity contribution in [1.29, 1.82) is 0 Å². The highest BCUT2D eigenvalue weighted by Crippen LogP contribution is 2.19. The van der Waals surface area contributed by atoms with Crippen molar-refractivity contribution in [1.82, 2.24) is 0 Å². The van der Waals surface area contributed by atoms with Crippen molar-refractivity contribution in [2.24, 2.45) is 11.8 Å². The monoisotopic (exact) mass is 144 g/mol. The van der Waals surface area contributed by atoms with Gasteiger partial charge in [0.05, 0.1) is 0 Å². The van der Waals surface area contributed by atoms with Gasteiger partial charge in [0.2, 0.25) is 0 Å². The van der Waals surface area contributed by atoms with E-state index in [1.165, 1.54) is 12.8 Å². The Labute approximate surface area is 64.5 Å². The van der Waals surface area contributed by atoms with Crippen LogP contribution in [0.15, 0.2) is 0 Å². The van der Waals surface area contributed by atoms with Crippen LogP contribution in [0.5, 0.6) is 0 Å². The lowest BCUT2D eigenvalue weighted by Crippen LogP contribution is -2.07. The molecule has 0 radical (unpaired) electrons. The van der Waals surface area contributed by atoms with Crippen LogP contribution in [-0.2, 0) is 0 Å². The quantitative estimate of drug-likeness (QED) is 0.628. The number of hydrogen-bond donors (Lipinski definition) is 1. The molecule has 0 rings (SSSR count). The highest BCUT2D eigenvalue weighted by Gasteiger charge is 2.09. The van der Waals surface area contributed by atoms with Crippen LogP contribution in [0.3, 0.4) is 0 Å². The molecule has 1 heteroatoms. The zero-order valence-corrected chi connectivity index (χ0v) is 7.43. The van der Waals surface area contributed by atoms with Gasteiger partial charge in [0.1, 0.15) is 0 Å². The van der Waals surface area contributed by atoms with Gasteiger partial charge in [0.25, 0.3) is 0 Å². The van der Waals surface area contributed by atoms with E-state index in [4.69, 9.17) is 5.11 Å². The first-order valence-corrected chi connectivity index (χ1v) is 4.33. The molecule has 62 valence electrons. The Hall–Kier alpha value is -0.0400. The first kappa shape index (κ1) is 9.96. The number of hydrogen-bond acceptors (Lipinski definition) is 1. The third-order valence-corrected chi connectivity index (χ3v) is 2.20. The minimum atomic E-state index is 0.350. The smallest absolute Gasteiger partial charge is 0.0431 e. The maximum Gasteiger partial charge on any atom is 0.0431 e. The second-order valence-corrected chi connectivity index (χ2v) is 3.28. The van der Waals surface area contributed by atoms with Gasteiger partial charge >= 0.3 is 0 Å². The molecule has 1 nitrogen and oxygen atoms in total. The summed E-state index contributed by atoms with van der Waals surface area (Å²) in [5.41, 5.74) is 0. The van der Waals surface area contributed by atoms with E-state index in [1.807, 2.05) is 0 Å². The predicted octanol–water partition coefficient (Wildman–Crippen LogP) is 2.44. The van der Waals surface area contributed by atoms with Crippen molar-refractivity contribution in [3.05, 3.63) is 0 Å². The van der Waals surface area contributed by atoms with Gasteiger partial charge in [0.15, 0.2) is 0 Å². The van der Waals surface area contributed by atoms with Crippen molar-refractivity contribution >= 4 is 0 Å². The van der Waals surface area contributed by atoms with Gasteiger partial charge < -0.3 is 5.11 Å². The van der Waals surface area contributed by atoms with Crippen LogP contribution in [0.2, 0.25) is 0 Å². The minimum absolute atomic E-state index is 0.350. The summed E-state index contributed by atoms with van der Waals surface area (Å²) >= 11 is 0. The normalized spacial score (nSPS) is 14.1. The number of aliphatic hydroxyl groups excluding tert-OH is 1. The zero-order chi connectivity index (χ0) is 7.98. The van der Waals surface area contributed by atoms with E-state index in [-0.39, 0.29) is 0 Å². The Bertz CT molecular complexity index is 69.1. The van der Waals surface area contributed by atoms with Crippen molar-refractivity contribution in [3.63, 3.8) is 0 Å². The Morgan fingerprint density at radius 1 is 1.30 bits per heavy atom. The van der Waals surface area contributed by atoms with Crippen molar-refractivity contribution in [2.45, 2.75) is 40.0 Å². The third kappa shape index (κ3) is 3.89. The average molecular weight is 144 g/mol. The minimum Gasteiger partial charge on any atom is -0.396 e. The lowest BCUT2D eigenvalue weighted by molar-refractivity contribution is 0.252. The second kappa shape index (κ2) is 5.72. The lowest BCUT2D eigenvalue weighted by atomic mass is 9.89. The summed E-state index contributed by atoms with van der Waals surface area (Å²) in [6, 6.07) is 0. The molecule has 0 heterocycles. The van der Waals surface area contributed by atoms with Crippen molar-refractivity contribution < 1.29 is 5.11 Å². The summed E-state index contributed by atoms with van der Waals surface area (Å²) in [4.78, 5) is 0. The molecule has 0 aromatic carbocycles. The molecule has 0 aromatic heterocycles. The summed E-state index contributed by atoms with van der Waals surface area (Å²) in [7, 11) is 0. The fourth-order valence-corrected chi connectivity index (χ4v) is 1.36. The van der Waals surface area contributed by atoms with Crippen LogP contribution in [0, 0.1) is 11.8 Å². The maximum atomic E-state index is 8.59. The van der Waals surface area contributed by atoms with Crippen LogP contribution in [-0.4, -0.2) is 11.7 Å². The van der Waals surface area contributed by atoms with Gasteiger partial charge in [0, 0.05) is 6.61 Å². The third-order valence-electron chi connectivity index (χ3n) is 2.20. The highest BCUT2D eigenvalue weighted by molar-refractivity contribution is 4.60. The fourth-order valence-electron chi connectivity index (χ4n) is 1.36. The average Bonchev–Trinajstić information content (AvgIpc) is 1.89. The van der Waals surface area contributed by atoms with E-state index in [2.05, 4.69) is 20.8 Å². The molecule has 1 atom stereocenters. The van der Waals surface area contributed by atoms with Gasteiger partial charge in [-0.2, -0.15) is 0 Å². The molecule has 10 heavy (non-hydrogen) atoms. The number of aliphatic hydroxyl groups is 1. The molecule has 0 aliphatic heterocycles. The van der Waals surface area contributed by atoms with Crippen molar-refractivity contribution in [3.8, 4) is 0 Å². The van der Waals surface area contributed by atoms with Gasteiger partial charge in [-0.25, -0.2) is 0 Å². The first-order valence-electron chi connectivity index (χ1n) is 4.33. The molecule has 0 saturated heterocycles. The van der Waals surface area contributed by atoms with E-state index in [0.29, 0.717) is 6.61 Å². The van der Waals surface area contributed by atoms with Gasteiger partial charge in [-0.15, -0.1) is 0 Å². The zero-order valence-electron chi connectivity index (χ0n) is 7.43.